The predicted octanol–water partition coefficient (Wildman–Crippen LogP) is 3.42. The Kier molecular flexibility index (Phi) is 7.98. The lowest BCUT2D eigenvalue weighted by molar-refractivity contribution is -0.123. The first kappa shape index (κ1) is 17.6. The fourth-order valence-electron chi connectivity index (χ4n) is 2.13. The summed E-state index contributed by atoms with van der Waals surface area (Å²) in [5.41, 5.74) is 1.10. The third-order valence-corrected chi connectivity index (χ3v) is 3.46. The van der Waals surface area contributed by atoms with Gasteiger partial charge in [0.25, 0.3) is 0 Å². The van der Waals surface area contributed by atoms with Gasteiger partial charge in [-0.2, -0.15) is 0 Å². The van der Waals surface area contributed by atoms with Gasteiger partial charge in [0, 0.05) is 25.0 Å². The highest BCUT2D eigenvalue weighted by Gasteiger charge is 2.11. The minimum Gasteiger partial charge on any atom is -0.355 e. The van der Waals surface area contributed by atoms with Crippen LogP contribution in [0.25, 0.3) is 0 Å². The van der Waals surface area contributed by atoms with Gasteiger partial charge >= 0.3 is 0 Å². The first-order valence-electron chi connectivity index (χ1n) is 7.81. The highest BCUT2D eigenvalue weighted by Crippen LogP contribution is 2.19. The highest BCUT2D eigenvalue weighted by molar-refractivity contribution is 5.77. The first-order valence-corrected chi connectivity index (χ1v) is 7.81. The second kappa shape index (κ2) is 9.50. The molecule has 21 heavy (non-hydrogen) atoms. The molecular weight excluding hydrogens is 267 g/mol. The van der Waals surface area contributed by atoms with E-state index in [-0.39, 0.29) is 23.7 Å². The third kappa shape index (κ3) is 6.71. The van der Waals surface area contributed by atoms with E-state index in [4.69, 9.17) is 0 Å². The lowest BCUT2D eigenvalue weighted by Gasteiger charge is -2.19. The zero-order valence-electron chi connectivity index (χ0n) is 13.3. The van der Waals surface area contributed by atoms with Gasteiger partial charge in [-0.15, -0.1) is 0 Å². The van der Waals surface area contributed by atoms with Crippen LogP contribution in [0.5, 0.6) is 0 Å². The van der Waals surface area contributed by atoms with Gasteiger partial charge in [-0.3, -0.25) is 4.79 Å². The fourth-order valence-corrected chi connectivity index (χ4v) is 2.13. The van der Waals surface area contributed by atoms with Crippen LogP contribution in [-0.4, -0.2) is 19.0 Å². The molecule has 0 aliphatic carbocycles. The molecule has 1 aromatic rings. The molecule has 118 valence electrons. The van der Waals surface area contributed by atoms with Crippen molar-refractivity contribution in [2.75, 3.05) is 13.1 Å². The normalized spacial score (nSPS) is 12.4. The number of rotatable bonds is 9. The lowest BCUT2D eigenvalue weighted by atomic mass is 10.0. The van der Waals surface area contributed by atoms with Crippen LogP contribution in [0.1, 0.15) is 51.6 Å². The van der Waals surface area contributed by atoms with Gasteiger partial charge in [0.1, 0.15) is 5.82 Å². The number of amides is 1. The maximum Gasteiger partial charge on any atom is 0.222 e. The summed E-state index contributed by atoms with van der Waals surface area (Å²) in [4.78, 5) is 11.5. The highest BCUT2D eigenvalue weighted by atomic mass is 19.1. The average Bonchev–Trinajstić information content (AvgIpc) is 2.47. The molecule has 1 rings (SSSR count). The van der Waals surface area contributed by atoms with Gasteiger partial charge in [0.2, 0.25) is 5.91 Å². The summed E-state index contributed by atoms with van der Waals surface area (Å²) in [6.07, 6.45) is 3.26. The van der Waals surface area contributed by atoms with Gasteiger partial charge < -0.3 is 10.6 Å². The second-order valence-corrected chi connectivity index (χ2v) is 5.65. The molecule has 0 saturated carbocycles. The van der Waals surface area contributed by atoms with E-state index < -0.39 is 0 Å². The van der Waals surface area contributed by atoms with Crippen LogP contribution in [-0.2, 0) is 4.79 Å². The number of hydrogen-bond acceptors (Lipinski definition) is 2. The first-order chi connectivity index (χ1) is 10.0. The Morgan fingerprint density at radius 2 is 1.86 bits per heavy atom. The molecule has 0 fully saturated rings. The largest absolute Gasteiger partial charge is 0.355 e. The van der Waals surface area contributed by atoms with Crippen molar-refractivity contribution in [2.45, 2.75) is 46.1 Å². The molecule has 0 aromatic heterocycles. The Hall–Kier alpha value is -1.42. The summed E-state index contributed by atoms with van der Waals surface area (Å²) >= 11 is 0. The summed E-state index contributed by atoms with van der Waals surface area (Å²) in [5, 5.41) is 6.34. The summed E-state index contributed by atoms with van der Waals surface area (Å²) in [7, 11) is 0. The van der Waals surface area contributed by atoms with Crippen LogP contribution in [0.4, 0.5) is 4.39 Å². The Labute approximate surface area is 127 Å². The molecule has 0 heterocycles. The predicted molar refractivity (Wildman–Crippen MR) is 84.5 cm³/mol. The van der Waals surface area contributed by atoms with Crippen molar-refractivity contribution in [1.29, 1.82) is 0 Å². The van der Waals surface area contributed by atoms with Crippen molar-refractivity contribution < 1.29 is 9.18 Å². The van der Waals surface area contributed by atoms with Crippen molar-refractivity contribution in [3.8, 4) is 0 Å². The smallest absolute Gasteiger partial charge is 0.222 e. The summed E-state index contributed by atoms with van der Waals surface area (Å²) < 4.78 is 13.0. The van der Waals surface area contributed by atoms with Crippen LogP contribution in [0.2, 0.25) is 0 Å². The summed E-state index contributed by atoms with van der Waals surface area (Å²) in [6.45, 7) is 7.24. The Morgan fingerprint density at radius 3 is 2.43 bits per heavy atom. The maximum absolute atomic E-state index is 13.0. The van der Waals surface area contributed by atoms with E-state index in [1.165, 1.54) is 12.1 Å². The van der Waals surface area contributed by atoms with Crippen molar-refractivity contribution in [3.63, 3.8) is 0 Å². The molecule has 0 aliphatic heterocycles. The van der Waals surface area contributed by atoms with Crippen LogP contribution in [0, 0.1) is 11.7 Å². The molecule has 1 amide bonds. The van der Waals surface area contributed by atoms with E-state index >= 15 is 0 Å². The lowest BCUT2D eigenvalue weighted by Crippen LogP contribution is -2.35. The van der Waals surface area contributed by atoms with E-state index in [0.29, 0.717) is 13.1 Å². The molecule has 0 aliphatic rings. The minimum atomic E-state index is -0.211. The van der Waals surface area contributed by atoms with E-state index in [1.54, 1.807) is 0 Å². The molecule has 1 unspecified atom stereocenters. The molecule has 3 nitrogen and oxygen atoms in total. The molecule has 0 saturated heterocycles. The van der Waals surface area contributed by atoms with Gasteiger partial charge in [-0.1, -0.05) is 45.7 Å². The summed E-state index contributed by atoms with van der Waals surface area (Å²) in [6, 6.07) is 6.86. The molecule has 0 radical (unpaired) electrons. The Bertz CT molecular complexity index is 417. The second-order valence-electron chi connectivity index (χ2n) is 5.65. The zero-order valence-corrected chi connectivity index (χ0v) is 13.3. The van der Waals surface area contributed by atoms with E-state index in [0.717, 1.165) is 24.8 Å². The van der Waals surface area contributed by atoms with E-state index in [2.05, 4.69) is 17.6 Å². The topological polar surface area (TPSA) is 41.1 Å². The maximum atomic E-state index is 13.0. The Balaban J connectivity index is 2.47. The molecule has 1 atom stereocenters. The van der Waals surface area contributed by atoms with E-state index in [9.17, 15) is 9.18 Å². The number of unbranched alkanes of at least 4 members (excludes halogenated alkanes) is 1. The van der Waals surface area contributed by atoms with Gasteiger partial charge in [-0.05, 0) is 24.1 Å². The van der Waals surface area contributed by atoms with Crippen molar-refractivity contribution in [2.24, 2.45) is 5.92 Å². The monoisotopic (exact) mass is 294 g/mol. The van der Waals surface area contributed by atoms with Crippen LogP contribution < -0.4 is 10.6 Å². The minimum absolute atomic E-state index is 0.0120. The van der Waals surface area contributed by atoms with Crippen molar-refractivity contribution >= 4 is 5.91 Å². The molecule has 0 spiro atoms. The molecule has 2 N–H and O–H groups in total. The SMILES string of the molecule is CCCCC(NCCNC(=O)C(C)C)c1ccc(F)cc1. The quantitative estimate of drug-likeness (QED) is 0.685. The zero-order chi connectivity index (χ0) is 15.7. The number of halogens is 1. The molecular formula is C17H27FN2O. The van der Waals surface area contributed by atoms with Gasteiger partial charge in [0.05, 0.1) is 0 Å². The number of carbonyl (C=O) groups excluding carboxylic acids is 1. The van der Waals surface area contributed by atoms with Crippen LogP contribution in [0.3, 0.4) is 0 Å². The van der Waals surface area contributed by atoms with Gasteiger partial charge in [-0.25, -0.2) is 4.39 Å². The molecule has 1 aromatic carbocycles. The van der Waals surface area contributed by atoms with Crippen LogP contribution >= 0.6 is 0 Å². The molecule has 4 heteroatoms. The Morgan fingerprint density at radius 1 is 1.19 bits per heavy atom. The number of nitrogens with one attached hydrogen (secondary N) is 2. The average molecular weight is 294 g/mol. The number of hydrogen-bond donors (Lipinski definition) is 2. The fraction of sp³-hybridized carbons (Fsp3) is 0.588. The summed E-state index contributed by atoms with van der Waals surface area (Å²) in [5.74, 6) is -0.126. The van der Waals surface area contributed by atoms with Crippen molar-refractivity contribution in [3.05, 3.63) is 35.6 Å². The number of benzene rings is 1. The standard InChI is InChI=1S/C17H27FN2O/c1-4-5-6-16(14-7-9-15(18)10-8-14)19-11-12-20-17(21)13(2)3/h7-10,13,16,19H,4-6,11-12H2,1-3H3,(H,20,21). The third-order valence-electron chi connectivity index (χ3n) is 3.46. The number of carbonyl (C=O) groups is 1. The van der Waals surface area contributed by atoms with Crippen molar-refractivity contribution in [1.82, 2.24) is 10.6 Å². The van der Waals surface area contributed by atoms with Gasteiger partial charge in [0.15, 0.2) is 0 Å². The van der Waals surface area contributed by atoms with Crippen LogP contribution in [0.15, 0.2) is 24.3 Å². The van der Waals surface area contributed by atoms with E-state index in [1.807, 2.05) is 26.0 Å². The molecule has 0 bridgehead atoms.